The zero-order valence-electron chi connectivity index (χ0n) is 9.78. The normalized spacial score (nSPS) is 11.7. The molecule has 10 heteroatoms. The Morgan fingerprint density at radius 3 is 2.72 bits per heavy atom. The molecule has 2 aromatic heterocycles. The number of aromatic nitrogens is 4. The summed E-state index contributed by atoms with van der Waals surface area (Å²) in [5.74, 6) is -0.0507. The van der Waals surface area contributed by atoms with Crippen molar-refractivity contribution in [2.75, 3.05) is 10.5 Å². The molecule has 0 bridgehead atoms. The second-order valence-electron chi connectivity index (χ2n) is 3.51. The first-order valence-electron chi connectivity index (χ1n) is 5.06. The van der Waals surface area contributed by atoms with E-state index in [1.165, 1.54) is 22.2 Å². The number of nitrogen functional groups attached to an aromatic ring is 1. The first kappa shape index (κ1) is 12.8. The second kappa shape index (κ2) is 4.53. The summed E-state index contributed by atoms with van der Waals surface area (Å²) in [6.45, 7) is 1.91. The van der Waals surface area contributed by atoms with Gasteiger partial charge in [-0.25, -0.2) is 4.98 Å². The maximum absolute atomic E-state index is 12.1. The van der Waals surface area contributed by atoms with Crippen molar-refractivity contribution in [3.05, 3.63) is 11.3 Å². The Morgan fingerprint density at radius 1 is 1.50 bits per heavy atom. The van der Waals surface area contributed by atoms with Gasteiger partial charge in [0.25, 0.3) is 10.0 Å². The number of nitrogens with one attached hydrogen (secondary N) is 1. The van der Waals surface area contributed by atoms with Crippen molar-refractivity contribution in [2.24, 2.45) is 7.05 Å². The number of anilines is 2. The van der Waals surface area contributed by atoms with Crippen molar-refractivity contribution < 1.29 is 8.42 Å². The van der Waals surface area contributed by atoms with Crippen LogP contribution in [0.15, 0.2) is 11.4 Å². The van der Waals surface area contributed by atoms with Crippen LogP contribution in [0.2, 0.25) is 0 Å². The lowest BCUT2D eigenvalue weighted by Crippen LogP contribution is -2.17. The van der Waals surface area contributed by atoms with Gasteiger partial charge >= 0.3 is 0 Å². The average Bonchev–Trinajstić information content (AvgIpc) is 2.85. The third-order valence-electron chi connectivity index (χ3n) is 2.16. The van der Waals surface area contributed by atoms with E-state index < -0.39 is 10.0 Å². The monoisotopic (exact) mass is 288 g/mol. The highest BCUT2D eigenvalue weighted by atomic mass is 32.2. The molecule has 0 aromatic carbocycles. The number of aryl methyl sites for hydroxylation is 2. The molecule has 0 fully saturated rings. The minimum atomic E-state index is -3.79. The number of nitrogens with two attached hydrogens (primary N) is 1. The van der Waals surface area contributed by atoms with Crippen LogP contribution in [0.1, 0.15) is 11.9 Å². The molecule has 0 aliphatic rings. The third-order valence-corrected chi connectivity index (χ3v) is 4.74. The number of imidazole rings is 1. The number of hydrogen-bond donors (Lipinski definition) is 2. The van der Waals surface area contributed by atoms with E-state index in [0.29, 0.717) is 6.42 Å². The zero-order chi connectivity index (χ0) is 13.3. The molecular formula is C8H12N6O2S2. The quantitative estimate of drug-likeness (QED) is 0.831. The fourth-order valence-corrected chi connectivity index (χ4v) is 3.51. The van der Waals surface area contributed by atoms with Crippen molar-refractivity contribution in [3.63, 3.8) is 0 Å². The van der Waals surface area contributed by atoms with Gasteiger partial charge in [-0.15, -0.1) is 10.2 Å². The van der Waals surface area contributed by atoms with Crippen molar-refractivity contribution in [2.45, 2.75) is 18.4 Å². The Bertz CT molecular complexity index is 639. The van der Waals surface area contributed by atoms with Gasteiger partial charge in [0.05, 0.1) is 6.33 Å². The molecule has 2 heterocycles. The van der Waals surface area contributed by atoms with E-state index in [-0.39, 0.29) is 16.0 Å². The lowest BCUT2D eigenvalue weighted by molar-refractivity contribution is 0.591. The first-order chi connectivity index (χ1) is 8.44. The van der Waals surface area contributed by atoms with Crippen LogP contribution in [0, 0.1) is 0 Å². The van der Waals surface area contributed by atoms with Crippen LogP contribution in [0.4, 0.5) is 10.9 Å². The van der Waals surface area contributed by atoms with Crippen LogP contribution >= 0.6 is 11.3 Å². The minimum Gasteiger partial charge on any atom is -0.381 e. The van der Waals surface area contributed by atoms with Crippen LogP contribution in [0.5, 0.6) is 0 Å². The van der Waals surface area contributed by atoms with Gasteiger partial charge in [-0.05, 0) is 6.42 Å². The molecule has 0 radical (unpaired) electrons. The zero-order valence-corrected chi connectivity index (χ0v) is 11.4. The number of rotatable bonds is 4. The molecule has 0 aliphatic heterocycles. The van der Waals surface area contributed by atoms with Gasteiger partial charge in [-0.2, -0.15) is 8.42 Å². The first-order valence-corrected chi connectivity index (χ1v) is 7.36. The molecule has 2 aromatic rings. The number of hydrogen-bond acceptors (Lipinski definition) is 7. The van der Waals surface area contributed by atoms with E-state index >= 15 is 0 Å². The Hall–Kier alpha value is -1.68. The molecule has 0 amide bonds. The second-order valence-corrected chi connectivity index (χ2v) is 6.17. The van der Waals surface area contributed by atoms with Crippen LogP contribution in [-0.4, -0.2) is 28.2 Å². The maximum atomic E-state index is 12.1. The summed E-state index contributed by atoms with van der Waals surface area (Å²) >= 11 is 1.19. The van der Waals surface area contributed by atoms with Gasteiger partial charge in [0.15, 0.2) is 10.8 Å². The molecule has 0 atom stereocenters. The molecular weight excluding hydrogens is 276 g/mol. The summed E-state index contributed by atoms with van der Waals surface area (Å²) in [7, 11) is -2.24. The molecule has 0 unspecified atom stereocenters. The molecule has 8 nitrogen and oxygen atoms in total. The summed E-state index contributed by atoms with van der Waals surface area (Å²) in [5, 5.41) is 8.47. The van der Waals surface area contributed by atoms with Crippen LogP contribution in [-0.2, 0) is 23.5 Å². The highest BCUT2D eigenvalue weighted by molar-refractivity contribution is 7.93. The van der Waals surface area contributed by atoms with Gasteiger partial charge in [0.2, 0.25) is 5.13 Å². The summed E-state index contributed by atoms with van der Waals surface area (Å²) in [4.78, 5) is 3.73. The Balaban J connectivity index is 2.33. The van der Waals surface area contributed by atoms with Crippen LogP contribution in [0.3, 0.4) is 0 Å². The lowest BCUT2D eigenvalue weighted by atomic mass is 10.5. The van der Waals surface area contributed by atoms with Crippen molar-refractivity contribution in [1.29, 1.82) is 0 Å². The van der Waals surface area contributed by atoms with E-state index in [9.17, 15) is 8.42 Å². The summed E-state index contributed by atoms with van der Waals surface area (Å²) in [6, 6.07) is 0. The highest BCUT2D eigenvalue weighted by Crippen LogP contribution is 2.22. The van der Waals surface area contributed by atoms with E-state index in [1.807, 2.05) is 6.92 Å². The summed E-state index contributed by atoms with van der Waals surface area (Å²) in [6.07, 6.45) is 2.04. The third kappa shape index (κ3) is 2.29. The van der Waals surface area contributed by atoms with Crippen molar-refractivity contribution in [3.8, 4) is 0 Å². The van der Waals surface area contributed by atoms with Gasteiger partial charge in [0, 0.05) is 7.05 Å². The van der Waals surface area contributed by atoms with Crippen LogP contribution < -0.4 is 10.5 Å². The Kier molecular flexibility index (Phi) is 3.22. The van der Waals surface area contributed by atoms with Crippen molar-refractivity contribution >= 4 is 32.3 Å². The molecule has 98 valence electrons. The molecule has 18 heavy (non-hydrogen) atoms. The van der Waals surface area contributed by atoms with E-state index in [0.717, 1.165) is 5.01 Å². The van der Waals surface area contributed by atoms with Gasteiger partial charge in [0.1, 0.15) is 5.01 Å². The predicted molar refractivity (Wildman–Crippen MR) is 67.7 cm³/mol. The SMILES string of the molecule is CCc1nnc(NS(=O)(=O)c2c(N)ncn2C)s1. The van der Waals surface area contributed by atoms with Gasteiger partial charge in [-0.3, -0.25) is 4.72 Å². The number of sulfonamides is 1. The van der Waals surface area contributed by atoms with E-state index in [1.54, 1.807) is 7.05 Å². The molecule has 0 saturated carbocycles. The highest BCUT2D eigenvalue weighted by Gasteiger charge is 2.23. The molecule has 3 N–H and O–H groups in total. The van der Waals surface area contributed by atoms with Gasteiger partial charge in [-0.1, -0.05) is 18.3 Å². The average molecular weight is 288 g/mol. The van der Waals surface area contributed by atoms with Crippen molar-refractivity contribution in [1.82, 2.24) is 19.7 Å². The Labute approximate surface area is 108 Å². The minimum absolute atomic E-state index is 0.0507. The fraction of sp³-hybridized carbons (Fsp3) is 0.375. The summed E-state index contributed by atoms with van der Waals surface area (Å²) in [5.41, 5.74) is 5.53. The van der Waals surface area contributed by atoms with E-state index in [4.69, 9.17) is 5.73 Å². The fourth-order valence-electron chi connectivity index (χ4n) is 1.37. The lowest BCUT2D eigenvalue weighted by Gasteiger charge is -2.05. The van der Waals surface area contributed by atoms with Gasteiger partial charge < -0.3 is 10.3 Å². The maximum Gasteiger partial charge on any atom is 0.283 e. The van der Waals surface area contributed by atoms with E-state index in [2.05, 4.69) is 19.9 Å². The smallest absolute Gasteiger partial charge is 0.283 e. The summed E-state index contributed by atoms with van der Waals surface area (Å²) < 4.78 is 27.8. The Morgan fingerprint density at radius 2 is 2.22 bits per heavy atom. The predicted octanol–water partition coefficient (Wildman–Crippen LogP) is 0.217. The standard InChI is InChI=1S/C8H12N6O2S2/c1-3-5-11-12-8(17-5)13-18(15,16)7-6(9)10-4-14(7)2/h4H,3,9H2,1-2H3,(H,12,13). The van der Waals surface area contributed by atoms with Crippen LogP contribution in [0.25, 0.3) is 0 Å². The molecule has 0 saturated heterocycles. The topological polar surface area (TPSA) is 116 Å². The number of nitrogens with zero attached hydrogens (tertiary/aromatic N) is 4. The largest absolute Gasteiger partial charge is 0.381 e. The molecule has 0 spiro atoms. The molecule has 2 rings (SSSR count). The molecule has 0 aliphatic carbocycles.